The lowest BCUT2D eigenvalue weighted by Gasteiger charge is -2.17. The smallest absolute Gasteiger partial charge is 0.333 e. The molecule has 0 spiro atoms. The molecule has 0 fully saturated rings. The standard InChI is InChI=1S/C12H15NO4S/c1-7(2)13-11(12(16)17-3)8-4-5-18-9(8)6-10(14)15/h4-5,11,13H,1,6H2,2-3H3,(H,14,15). The predicted molar refractivity (Wildman–Crippen MR) is 68.4 cm³/mol. The zero-order valence-electron chi connectivity index (χ0n) is 10.2. The first-order valence-corrected chi connectivity index (χ1v) is 6.11. The number of carboxylic acids is 1. The van der Waals surface area contributed by atoms with E-state index in [0.29, 0.717) is 16.1 Å². The van der Waals surface area contributed by atoms with Crippen molar-refractivity contribution >= 4 is 23.3 Å². The van der Waals surface area contributed by atoms with Crippen LogP contribution in [0.1, 0.15) is 23.4 Å². The number of methoxy groups -OCH3 is 1. The summed E-state index contributed by atoms with van der Waals surface area (Å²) in [7, 11) is 1.29. The van der Waals surface area contributed by atoms with Gasteiger partial charge in [0, 0.05) is 16.1 Å². The molecular formula is C12H15NO4S. The topological polar surface area (TPSA) is 75.6 Å². The van der Waals surface area contributed by atoms with Crippen molar-refractivity contribution in [2.45, 2.75) is 19.4 Å². The SMILES string of the molecule is C=C(C)NC(C(=O)OC)c1ccsc1CC(=O)O. The van der Waals surface area contributed by atoms with E-state index in [2.05, 4.69) is 11.9 Å². The fourth-order valence-electron chi connectivity index (χ4n) is 1.52. The van der Waals surface area contributed by atoms with Crippen molar-refractivity contribution < 1.29 is 19.4 Å². The summed E-state index contributed by atoms with van der Waals surface area (Å²) >= 11 is 1.30. The van der Waals surface area contributed by atoms with Gasteiger partial charge in [0.1, 0.15) is 0 Å². The van der Waals surface area contributed by atoms with Crippen LogP contribution >= 0.6 is 11.3 Å². The van der Waals surface area contributed by atoms with Crippen molar-refractivity contribution in [2.75, 3.05) is 7.11 Å². The highest BCUT2D eigenvalue weighted by atomic mass is 32.1. The molecule has 0 aliphatic rings. The van der Waals surface area contributed by atoms with Gasteiger partial charge in [0.2, 0.25) is 0 Å². The lowest BCUT2D eigenvalue weighted by atomic mass is 10.1. The Morgan fingerprint density at radius 1 is 1.61 bits per heavy atom. The molecule has 1 heterocycles. The fourth-order valence-corrected chi connectivity index (χ4v) is 2.42. The number of ether oxygens (including phenoxy) is 1. The van der Waals surface area contributed by atoms with E-state index in [1.165, 1.54) is 18.4 Å². The van der Waals surface area contributed by atoms with Crippen LogP contribution in [0, 0.1) is 0 Å². The molecule has 0 aromatic carbocycles. The van der Waals surface area contributed by atoms with Crippen LogP contribution in [0.2, 0.25) is 0 Å². The number of hydrogen-bond donors (Lipinski definition) is 2. The number of hydrogen-bond acceptors (Lipinski definition) is 5. The Bertz CT molecular complexity index is 466. The highest BCUT2D eigenvalue weighted by Crippen LogP contribution is 2.25. The monoisotopic (exact) mass is 269 g/mol. The maximum Gasteiger partial charge on any atom is 0.333 e. The average Bonchev–Trinajstić information content (AvgIpc) is 2.71. The highest BCUT2D eigenvalue weighted by molar-refractivity contribution is 7.10. The number of esters is 1. The number of carbonyl (C=O) groups is 2. The molecule has 1 aromatic heterocycles. The molecule has 0 amide bonds. The van der Waals surface area contributed by atoms with Crippen LogP contribution in [0.3, 0.4) is 0 Å². The van der Waals surface area contributed by atoms with Crippen molar-refractivity contribution in [1.29, 1.82) is 0 Å². The molecule has 1 aromatic rings. The molecular weight excluding hydrogens is 254 g/mol. The molecule has 0 saturated carbocycles. The predicted octanol–water partition coefficient (Wildman–Crippen LogP) is 1.71. The van der Waals surface area contributed by atoms with Crippen LogP contribution in [-0.2, 0) is 20.7 Å². The van der Waals surface area contributed by atoms with Crippen molar-refractivity contribution in [1.82, 2.24) is 5.32 Å². The van der Waals surface area contributed by atoms with Crippen LogP contribution in [0.4, 0.5) is 0 Å². The van der Waals surface area contributed by atoms with Gasteiger partial charge in [-0.1, -0.05) is 6.58 Å². The van der Waals surface area contributed by atoms with Gasteiger partial charge >= 0.3 is 11.9 Å². The number of allylic oxidation sites excluding steroid dienone is 1. The minimum atomic E-state index is -0.933. The first-order chi connectivity index (χ1) is 8.45. The summed E-state index contributed by atoms with van der Waals surface area (Å²) in [6.45, 7) is 5.40. The van der Waals surface area contributed by atoms with Crippen molar-refractivity contribution in [3.8, 4) is 0 Å². The van der Waals surface area contributed by atoms with E-state index in [9.17, 15) is 9.59 Å². The molecule has 0 radical (unpaired) electrons. The number of nitrogens with one attached hydrogen (secondary N) is 1. The van der Waals surface area contributed by atoms with Gasteiger partial charge in [0.15, 0.2) is 6.04 Å². The maximum absolute atomic E-state index is 11.7. The summed E-state index contributed by atoms with van der Waals surface area (Å²) in [6.07, 6.45) is -0.113. The van der Waals surface area contributed by atoms with Gasteiger partial charge in [-0.15, -0.1) is 11.3 Å². The van der Waals surface area contributed by atoms with E-state index in [-0.39, 0.29) is 6.42 Å². The molecule has 0 bridgehead atoms. The largest absolute Gasteiger partial charge is 0.481 e. The number of thiophene rings is 1. The number of carboxylic acid groups (broad SMARTS) is 1. The molecule has 18 heavy (non-hydrogen) atoms. The normalized spacial score (nSPS) is 11.7. The molecule has 1 rings (SSSR count). The van der Waals surface area contributed by atoms with Gasteiger partial charge in [0.05, 0.1) is 13.5 Å². The lowest BCUT2D eigenvalue weighted by molar-refractivity contribution is -0.143. The highest BCUT2D eigenvalue weighted by Gasteiger charge is 2.25. The van der Waals surface area contributed by atoms with Crippen LogP contribution in [0.15, 0.2) is 23.7 Å². The Labute approximate surface area is 109 Å². The van der Waals surface area contributed by atoms with Crippen LogP contribution in [-0.4, -0.2) is 24.2 Å². The first kappa shape index (κ1) is 14.2. The van der Waals surface area contributed by atoms with Crippen LogP contribution in [0.5, 0.6) is 0 Å². The second kappa shape index (κ2) is 6.20. The molecule has 5 nitrogen and oxygen atoms in total. The summed E-state index contributed by atoms with van der Waals surface area (Å²) in [5.41, 5.74) is 1.23. The summed E-state index contributed by atoms with van der Waals surface area (Å²) in [5, 5.41) is 13.5. The number of aliphatic carboxylic acids is 1. The molecule has 1 unspecified atom stereocenters. The molecule has 1 atom stereocenters. The summed E-state index contributed by atoms with van der Waals surface area (Å²) in [6, 6.07) is 1.01. The Morgan fingerprint density at radius 3 is 2.78 bits per heavy atom. The molecule has 0 aliphatic heterocycles. The van der Waals surface area contributed by atoms with Gasteiger partial charge in [-0.2, -0.15) is 0 Å². The summed E-state index contributed by atoms with van der Waals surface area (Å²) in [4.78, 5) is 23.1. The molecule has 2 N–H and O–H groups in total. The van der Waals surface area contributed by atoms with Crippen LogP contribution in [0.25, 0.3) is 0 Å². The first-order valence-electron chi connectivity index (χ1n) is 5.23. The second-order valence-electron chi connectivity index (χ2n) is 3.75. The van der Waals surface area contributed by atoms with E-state index < -0.39 is 18.0 Å². The maximum atomic E-state index is 11.7. The number of carbonyl (C=O) groups excluding carboxylic acids is 1. The average molecular weight is 269 g/mol. The third-order valence-corrected chi connectivity index (χ3v) is 3.17. The van der Waals surface area contributed by atoms with E-state index in [1.54, 1.807) is 18.4 Å². The Morgan fingerprint density at radius 2 is 2.28 bits per heavy atom. The molecule has 0 saturated heterocycles. The van der Waals surface area contributed by atoms with Gasteiger partial charge in [-0.25, -0.2) is 4.79 Å². The van der Waals surface area contributed by atoms with Crippen molar-refractivity contribution in [3.05, 3.63) is 34.2 Å². The Hall–Kier alpha value is -1.82. The summed E-state index contributed by atoms with van der Waals surface area (Å²) < 4.78 is 4.71. The van der Waals surface area contributed by atoms with E-state index in [0.717, 1.165) is 0 Å². The van der Waals surface area contributed by atoms with Crippen molar-refractivity contribution in [3.63, 3.8) is 0 Å². The van der Waals surface area contributed by atoms with E-state index in [4.69, 9.17) is 9.84 Å². The second-order valence-corrected chi connectivity index (χ2v) is 4.75. The van der Waals surface area contributed by atoms with Gasteiger partial charge in [0.25, 0.3) is 0 Å². The quantitative estimate of drug-likeness (QED) is 0.769. The third-order valence-electron chi connectivity index (χ3n) is 2.23. The van der Waals surface area contributed by atoms with Crippen LogP contribution < -0.4 is 5.32 Å². The fraction of sp³-hybridized carbons (Fsp3) is 0.333. The van der Waals surface area contributed by atoms with Gasteiger partial charge in [-0.3, -0.25) is 4.79 Å². The Kier molecular flexibility index (Phi) is 4.91. The molecule has 0 aliphatic carbocycles. The Balaban J connectivity index is 3.04. The zero-order valence-corrected chi connectivity index (χ0v) is 11.0. The van der Waals surface area contributed by atoms with Gasteiger partial charge < -0.3 is 15.2 Å². The van der Waals surface area contributed by atoms with Crippen molar-refractivity contribution in [2.24, 2.45) is 0 Å². The third kappa shape index (κ3) is 3.59. The van der Waals surface area contributed by atoms with E-state index in [1.807, 2.05) is 0 Å². The van der Waals surface area contributed by atoms with E-state index >= 15 is 0 Å². The summed E-state index contributed by atoms with van der Waals surface area (Å²) in [5.74, 6) is -1.40. The minimum absolute atomic E-state index is 0.113. The lowest BCUT2D eigenvalue weighted by Crippen LogP contribution is -2.28. The zero-order chi connectivity index (χ0) is 13.7. The van der Waals surface area contributed by atoms with Gasteiger partial charge in [-0.05, 0) is 18.4 Å². The minimum Gasteiger partial charge on any atom is -0.481 e. The molecule has 6 heteroatoms. The molecule has 98 valence electrons. The number of rotatable bonds is 6.